The van der Waals surface area contributed by atoms with Gasteiger partial charge >= 0.3 is 137 Å². The van der Waals surface area contributed by atoms with Crippen LogP contribution in [0.1, 0.15) is 70.7 Å². The van der Waals surface area contributed by atoms with E-state index in [-0.39, 0.29) is 0 Å². The summed E-state index contributed by atoms with van der Waals surface area (Å²) < 4.78 is 8.54. The van der Waals surface area contributed by atoms with Gasteiger partial charge in [-0.15, -0.1) is 0 Å². The zero-order valence-electron chi connectivity index (χ0n) is 15.3. The van der Waals surface area contributed by atoms with Crippen LogP contribution in [0.25, 0.3) is 0 Å². The molecule has 3 heteroatoms. The van der Waals surface area contributed by atoms with Gasteiger partial charge in [-0.25, -0.2) is 0 Å². The minimum absolute atomic E-state index is 1.34. The van der Waals surface area contributed by atoms with E-state index in [0.717, 1.165) is 0 Å². The Morgan fingerprint density at radius 2 is 1.29 bits per heavy atom. The van der Waals surface area contributed by atoms with Crippen LogP contribution in [-0.2, 0) is 7.05 Å². The molecule has 0 aliphatic rings. The summed E-state index contributed by atoms with van der Waals surface area (Å²) in [5.74, 6) is 0. The first-order chi connectivity index (χ1) is 10.0. The van der Waals surface area contributed by atoms with E-state index < -0.39 is 18.4 Å². The fourth-order valence-electron chi connectivity index (χ4n) is 3.84. The van der Waals surface area contributed by atoms with Gasteiger partial charge in [0.05, 0.1) is 0 Å². The third-order valence-electron chi connectivity index (χ3n) is 5.07. The minimum atomic E-state index is -2.28. The average Bonchev–Trinajstić information content (AvgIpc) is 2.73. The summed E-state index contributed by atoms with van der Waals surface area (Å²) in [6.07, 6.45) is 8.31. The molecule has 1 heterocycles. The van der Waals surface area contributed by atoms with Gasteiger partial charge in [0.15, 0.2) is 0 Å². The van der Waals surface area contributed by atoms with E-state index in [1.165, 1.54) is 49.9 Å². The van der Waals surface area contributed by atoms with E-state index in [0.29, 0.717) is 0 Å². The van der Waals surface area contributed by atoms with Gasteiger partial charge in [-0.05, 0) is 0 Å². The van der Waals surface area contributed by atoms with Gasteiger partial charge in [-0.2, -0.15) is 0 Å². The van der Waals surface area contributed by atoms with Gasteiger partial charge in [0.1, 0.15) is 0 Å². The van der Waals surface area contributed by atoms with Gasteiger partial charge < -0.3 is 0 Å². The Kier molecular flexibility index (Phi) is 8.36. The molecule has 0 aromatic carbocycles. The molecule has 122 valence electrons. The predicted molar refractivity (Wildman–Crippen MR) is 97.2 cm³/mol. The number of rotatable bonds is 10. The van der Waals surface area contributed by atoms with Gasteiger partial charge in [0.25, 0.3) is 0 Å². The second kappa shape index (κ2) is 9.22. The summed E-state index contributed by atoms with van der Waals surface area (Å²) in [6, 6.07) is 0. The van der Waals surface area contributed by atoms with Crippen LogP contribution in [0, 0.1) is 13.8 Å². The molecule has 0 unspecified atom stereocenters. The monoisotopic (exact) mass is 400 g/mol. The Morgan fingerprint density at radius 3 is 1.57 bits per heavy atom. The first-order valence-corrected chi connectivity index (χ1v) is 16.5. The van der Waals surface area contributed by atoms with Crippen LogP contribution in [-0.4, -0.2) is 28.2 Å². The summed E-state index contributed by atoms with van der Waals surface area (Å²) in [6.45, 7) is 11.6. The zero-order chi connectivity index (χ0) is 15.9. The first kappa shape index (κ1) is 19.1. The molecule has 0 spiro atoms. The molecule has 1 rings (SSSR count). The number of unbranched alkanes of at least 4 members (excludes halogenated alkanes) is 3. The van der Waals surface area contributed by atoms with Crippen LogP contribution in [0.3, 0.4) is 0 Å². The van der Waals surface area contributed by atoms with Crippen molar-refractivity contribution in [3.8, 4) is 0 Å². The second-order valence-corrected chi connectivity index (χ2v) is 19.8. The van der Waals surface area contributed by atoms with Crippen LogP contribution in [0.5, 0.6) is 0 Å². The van der Waals surface area contributed by atoms with E-state index in [9.17, 15) is 0 Å². The Balaban J connectivity index is 3.22. The Morgan fingerprint density at radius 1 is 0.857 bits per heavy atom. The third-order valence-corrected chi connectivity index (χ3v) is 21.4. The summed E-state index contributed by atoms with van der Waals surface area (Å²) in [5.41, 5.74) is 2.83. The van der Waals surface area contributed by atoms with Crippen molar-refractivity contribution >= 4 is 22.0 Å². The second-order valence-electron chi connectivity index (χ2n) is 6.76. The molecule has 0 fully saturated rings. The standard InChI is InChI=1S/C6H9N2.3C4H9.Sn/c1-5-4-6(2)8(3)7-5;3*1-3-4-2;/h1-3H3;3*1,3-4H2,2H3;. The maximum atomic E-state index is 4.77. The summed E-state index contributed by atoms with van der Waals surface area (Å²) in [5, 5.41) is 4.77. The van der Waals surface area contributed by atoms with E-state index in [1.54, 1.807) is 16.9 Å². The summed E-state index contributed by atoms with van der Waals surface area (Å²) in [4.78, 5) is 0. The maximum absolute atomic E-state index is 4.77. The number of hydrogen-bond donors (Lipinski definition) is 0. The molecule has 0 aliphatic carbocycles. The van der Waals surface area contributed by atoms with Crippen LogP contribution in [0.15, 0.2) is 0 Å². The van der Waals surface area contributed by atoms with Crippen LogP contribution in [0.2, 0.25) is 13.3 Å². The molecule has 0 aliphatic heterocycles. The molecular formula is C18H36N2Sn. The predicted octanol–water partition coefficient (Wildman–Crippen LogP) is 5.09. The van der Waals surface area contributed by atoms with Crippen LogP contribution < -0.4 is 3.58 Å². The Bertz CT molecular complexity index is 401. The molecule has 0 saturated heterocycles. The molecule has 0 amide bonds. The van der Waals surface area contributed by atoms with E-state index in [4.69, 9.17) is 5.10 Å². The number of nitrogens with zero attached hydrogens (tertiary/aromatic N) is 2. The summed E-state index contributed by atoms with van der Waals surface area (Å²) >= 11 is -2.28. The zero-order valence-corrected chi connectivity index (χ0v) is 18.1. The fraction of sp³-hybridized carbons (Fsp3) is 0.833. The van der Waals surface area contributed by atoms with Crippen molar-refractivity contribution in [3.05, 3.63) is 11.4 Å². The third kappa shape index (κ3) is 4.74. The van der Waals surface area contributed by atoms with Gasteiger partial charge in [0.2, 0.25) is 0 Å². The number of aromatic nitrogens is 2. The van der Waals surface area contributed by atoms with Crippen molar-refractivity contribution in [3.63, 3.8) is 0 Å². The molecule has 0 radical (unpaired) electrons. The van der Waals surface area contributed by atoms with Gasteiger partial charge in [0, 0.05) is 0 Å². The molecule has 21 heavy (non-hydrogen) atoms. The van der Waals surface area contributed by atoms with E-state index >= 15 is 0 Å². The van der Waals surface area contributed by atoms with Gasteiger partial charge in [-0.3, -0.25) is 0 Å². The van der Waals surface area contributed by atoms with Crippen molar-refractivity contribution in [1.82, 2.24) is 9.78 Å². The average molecular weight is 399 g/mol. The Hall–Kier alpha value is 0.00870. The molecule has 1 aromatic rings. The quantitative estimate of drug-likeness (QED) is 0.501. The molecular weight excluding hydrogens is 363 g/mol. The van der Waals surface area contributed by atoms with E-state index in [1.807, 2.05) is 0 Å². The molecule has 1 aromatic heterocycles. The molecule has 0 N–H and O–H groups in total. The first-order valence-electron chi connectivity index (χ1n) is 9.03. The van der Waals surface area contributed by atoms with Crippen LogP contribution >= 0.6 is 0 Å². The van der Waals surface area contributed by atoms with Gasteiger partial charge in [-0.1, -0.05) is 0 Å². The molecule has 0 saturated carbocycles. The number of aryl methyl sites for hydroxylation is 2. The fourth-order valence-corrected chi connectivity index (χ4v) is 21.9. The normalized spacial score (nSPS) is 12.1. The topological polar surface area (TPSA) is 17.8 Å². The van der Waals surface area contributed by atoms with E-state index in [2.05, 4.69) is 46.3 Å². The molecule has 0 bridgehead atoms. The summed E-state index contributed by atoms with van der Waals surface area (Å²) in [7, 11) is 2.13. The SMILES string of the molecule is CCC[CH2][Sn]([CH2]CCC)([CH2]CCC)[c]1c(C)nn(C)c1C. The van der Waals surface area contributed by atoms with Crippen LogP contribution in [0.4, 0.5) is 0 Å². The van der Waals surface area contributed by atoms with Crippen molar-refractivity contribution < 1.29 is 0 Å². The number of hydrogen-bond acceptors (Lipinski definition) is 1. The van der Waals surface area contributed by atoms with Crippen molar-refractivity contribution in [2.24, 2.45) is 7.05 Å². The molecule has 2 nitrogen and oxygen atoms in total. The van der Waals surface area contributed by atoms with Crippen molar-refractivity contribution in [2.75, 3.05) is 0 Å². The van der Waals surface area contributed by atoms with Crippen molar-refractivity contribution in [1.29, 1.82) is 0 Å². The van der Waals surface area contributed by atoms with Crippen molar-refractivity contribution in [2.45, 2.75) is 86.5 Å². The Labute approximate surface area is 136 Å². The molecule has 0 atom stereocenters.